The number of hydrogen-bond acceptors (Lipinski definition) is 2. The van der Waals surface area contributed by atoms with Crippen molar-refractivity contribution in [3.05, 3.63) is 12.2 Å². The van der Waals surface area contributed by atoms with E-state index in [9.17, 15) is 4.79 Å². The van der Waals surface area contributed by atoms with Crippen molar-refractivity contribution in [3.8, 4) is 23.7 Å². The van der Waals surface area contributed by atoms with E-state index >= 15 is 0 Å². The normalized spacial score (nSPS) is 8.64. The molecule has 0 bridgehead atoms. The van der Waals surface area contributed by atoms with Gasteiger partial charge in [-0.05, 0) is 12.2 Å². The zero-order chi connectivity index (χ0) is 10.6. The molecule has 0 saturated carbocycles. The van der Waals surface area contributed by atoms with Gasteiger partial charge in [0.05, 0.1) is 6.42 Å². The summed E-state index contributed by atoms with van der Waals surface area (Å²) in [4.78, 5) is 10.1. The van der Waals surface area contributed by atoms with Gasteiger partial charge in [0.2, 0.25) is 0 Å². The second kappa shape index (κ2) is 9.38. The van der Waals surface area contributed by atoms with Crippen LogP contribution in [0.1, 0.15) is 19.3 Å². The third kappa shape index (κ3) is 10.3. The van der Waals surface area contributed by atoms with Crippen LogP contribution in [0.15, 0.2) is 12.2 Å². The van der Waals surface area contributed by atoms with E-state index in [1.54, 1.807) is 12.2 Å². The monoisotopic (exact) mass is 191 g/mol. The van der Waals surface area contributed by atoms with Crippen molar-refractivity contribution in [3.63, 3.8) is 0 Å². The Balaban J connectivity index is 3.60. The number of carboxylic acids is 1. The van der Waals surface area contributed by atoms with Crippen LogP contribution in [0.2, 0.25) is 0 Å². The van der Waals surface area contributed by atoms with Crippen molar-refractivity contribution in [1.82, 2.24) is 0 Å². The number of hydrogen-bond donors (Lipinski definition) is 2. The predicted octanol–water partition coefficient (Wildman–Crippen LogP) is 0.763. The minimum Gasteiger partial charge on any atom is -0.481 e. The summed E-state index contributed by atoms with van der Waals surface area (Å²) in [5.74, 6) is 10.1. The smallest absolute Gasteiger partial charge is 0.304 e. The van der Waals surface area contributed by atoms with Crippen molar-refractivity contribution in [2.24, 2.45) is 5.73 Å². The van der Waals surface area contributed by atoms with Gasteiger partial charge in [-0.3, -0.25) is 4.79 Å². The van der Waals surface area contributed by atoms with E-state index in [-0.39, 0.29) is 6.42 Å². The van der Waals surface area contributed by atoms with Gasteiger partial charge in [0, 0.05) is 19.4 Å². The molecular formula is C11H13NO2. The lowest BCUT2D eigenvalue weighted by Crippen LogP contribution is -1.95. The summed E-state index contributed by atoms with van der Waals surface area (Å²) in [6.45, 7) is 0.561. The first kappa shape index (κ1) is 12.3. The number of carboxylic acid groups (broad SMARTS) is 1. The Morgan fingerprint density at radius 3 is 2.29 bits per heavy atom. The predicted molar refractivity (Wildman–Crippen MR) is 55.2 cm³/mol. The Kier molecular flexibility index (Phi) is 8.23. The molecule has 14 heavy (non-hydrogen) atoms. The molecule has 0 radical (unpaired) electrons. The van der Waals surface area contributed by atoms with Crippen LogP contribution in [-0.2, 0) is 4.79 Å². The van der Waals surface area contributed by atoms with Crippen molar-refractivity contribution in [2.75, 3.05) is 6.54 Å². The van der Waals surface area contributed by atoms with Gasteiger partial charge in [0.25, 0.3) is 0 Å². The number of nitrogens with two attached hydrogens (primary N) is 1. The standard InChI is InChI=1S/C11H13NO2/c12-10-8-6-4-2-1-3-5-7-9-11(13)14/h1-2H,7-10,12H2,(H,13,14)/b2-1-. The first-order valence-corrected chi connectivity index (χ1v) is 4.31. The first-order chi connectivity index (χ1) is 6.77. The van der Waals surface area contributed by atoms with Gasteiger partial charge in [-0.15, -0.1) is 0 Å². The Morgan fingerprint density at radius 1 is 1.21 bits per heavy atom. The highest BCUT2D eigenvalue weighted by Gasteiger charge is 1.90. The largest absolute Gasteiger partial charge is 0.481 e. The molecule has 0 aromatic carbocycles. The topological polar surface area (TPSA) is 63.3 Å². The molecule has 0 fully saturated rings. The minimum absolute atomic E-state index is 0.0830. The maximum atomic E-state index is 10.1. The molecule has 0 unspecified atom stereocenters. The van der Waals surface area contributed by atoms with Gasteiger partial charge in [-0.2, -0.15) is 0 Å². The number of aliphatic carboxylic acids is 1. The van der Waals surface area contributed by atoms with E-state index in [1.807, 2.05) is 0 Å². The average Bonchev–Trinajstić information content (AvgIpc) is 2.15. The minimum atomic E-state index is -0.828. The molecule has 0 atom stereocenters. The van der Waals surface area contributed by atoms with E-state index < -0.39 is 5.97 Å². The average molecular weight is 191 g/mol. The number of allylic oxidation sites excluding steroid dienone is 2. The van der Waals surface area contributed by atoms with E-state index in [1.165, 1.54) is 0 Å². The molecule has 0 aromatic heterocycles. The second-order valence-electron chi connectivity index (χ2n) is 2.41. The van der Waals surface area contributed by atoms with E-state index in [0.717, 1.165) is 0 Å². The molecule has 0 aromatic rings. The lowest BCUT2D eigenvalue weighted by molar-refractivity contribution is -0.136. The van der Waals surface area contributed by atoms with Crippen molar-refractivity contribution in [2.45, 2.75) is 19.3 Å². The molecule has 3 N–H and O–H groups in total. The van der Waals surface area contributed by atoms with Crippen LogP contribution in [-0.4, -0.2) is 17.6 Å². The fourth-order valence-corrected chi connectivity index (χ4v) is 0.587. The van der Waals surface area contributed by atoms with Crippen LogP contribution in [0.3, 0.4) is 0 Å². The molecule has 0 spiro atoms. The molecule has 0 amide bonds. The molecule has 0 aliphatic heterocycles. The van der Waals surface area contributed by atoms with Gasteiger partial charge in [0.1, 0.15) is 0 Å². The second-order valence-corrected chi connectivity index (χ2v) is 2.41. The lowest BCUT2D eigenvalue weighted by Gasteiger charge is -1.81. The van der Waals surface area contributed by atoms with Crippen LogP contribution in [0.25, 0.3) is 0 Å². The fourth-order valence-electron chi connectivity index (χ4n) is 0.587. The molecule has 0 aliphatic rings. The highest BCUT2D eigenvalue weighted by atomic mass is 16.4. The van der Waals surface area contributed by atoms with Crippen molar-refractivity contribution in [1.29, 1.82) is 0 Å². The van der Waals surface area contributed by atoms with Gasteiger partial charge < -0.3 is 10.8 Å². The quantitative estimate of drug-likeness (QED) is 0.647. The molecule has 3 heteroatoms. The van der Waals surface area contributed by atoms with Gasteiger partial charge in [0.15, 0.2) is 0 Å². The lowest BCUT2D eigenvalue weighted by atomic mass is 10.3. The van der Waals surface area contributed by atoms with Crippen molar-refractivity contribution >= 4 is 5.97 Å². The van der Waals surface area contributed by atoms with Crippen LogP contribution in [0.4, 0.5) is 0 Å². The van der Waals surface area contributed by atoms with Gasteiger partial charge >= 0.3 is 5.97 Å². The zero-order valence-corrected chi connectivity index (χ0v) is 7.92. The first-order valence-electron chi connectivity index (χ1n) is 4.31. The highest BCUT2D eigenvalue weighted by molar-refractivity contribution is 5.67. The summed E-state index contributed by atoms with van der Waals surface area (Å²) < 4.78 is 0. The zero-order valence-electron chi connectivity index (χ0n) is 7.92. The van der Waals surface area contributed by atoms with Crippen LogP contribution in [0.5, 0.6) is 0 Å². The third-order valence-corrected chi connectivity index (χ3v) is 1.19. The van der Waals surface area contributed by atoms with Gasteiger partial charge in [-0.1, -0.05) is 23.7 Å². The summed E-state index contributed by atoms with van der Waals surface area (Å²) in [5.41, 5.74) is 5.23. The maximum Gasteiger partial charge on any atom is 0.304 e. The number of rotatable bonds is 3. The Morgan fingerprint density at radius 2 is 1.79 bits per heavy atom. The van der Waals surface area contributed by atoms with Gasteiger partial charge in [-0.25, -0.2) is 0 Å². The Bertz CT molecular complexity index is 310. The summed E-state index contributed by atoms with van der Waals surface area (Å²) in [6, 6.07) is 0. The fraction of sp³-hybridized carbons (Fsp3) is 0.364. The summed E-state index contributed by atoms with van der Waals surface area (Å²) >= 11 is 0. The van der Waals surface area contributed by atoms with Crippen molar-refractivity contribution < 1.29 is 9.90 Å². The Labute approximate surface area is 84.0 Å². The molecule has 0 rings (SSSR count). The Hall–Kier alpha value is -1.71. The highest BCUT2D eigenvalue weighted by Crippen LogP contribution is 1.84. The summed E-state index contributed by atoms with van der Waals surface area (Å²) in [5, 5.41) is 8.29. The number of carbonyl (C=O) groups is 1. The molecule has 74 valence electrons. The van der Waals surface area contributed by atoms with E-state index in [0.29, 0.717) is 19.4 Å². The molecular weight excluding hydrogens is 178 g/mol. The molecule has 0 aliphatic carbocycles. The van der Waals surface area contributed by atoms with E-state index in [4.69, 9.17) is 10.8 Å². The molecule has 0 heterocycles. The summed E-state index contributed by atoms with van der Waals surface area (Å²) in [6.07, 6.45) is 4.36. The maximum absolute atomic E-state index is 10.1. The summed E-state index contributed by atoms with van der Waals surface area (Å²) in [7, 11) is 0. The van der Waals surface area contributed by atoms with E-state index in [2.05, 4.69) is 23.7 Å². The van der Waals surface area contributed by atoms with Crippen LogP contribution < -0.4 is 5.73 Å². The van der Waals surface area contributed by atoms with Crippen LogP contribution >= 0.6 is 0 Å². The molecule has 3 nitrogen and oxygen atoms in total. The SMILES string of the molecule is NCCC#C/C=C\C#CCCC(=O)O. The van der Waals surface area contributed by atoms with Crippen LogP contribution in [0, 0.1) is 23.7 Å². The molecule has 0 saturated heterocycles. The third-order valence-electron chi connectivity index (χ3n) is 1.19.